The molecule has 1 heterocycles. The summed E-state index contributed by atoms with van der Waals surface area (Å²) >= 11 is 6.84. The van der Waals surface area contributed by atoms with Gasteiger partial charge in [0, 0.05) is 8.95 Å². The quantitative estimate of drug-likeness (QED) is 0.628. The third-order valence-electron chi connectivity index (χ3n) is 4.01. The van der Waals surface area contributed by atoms with Crippen molar-refractivity contribution >= 4 is 43.6 Å². The number of benzene rings is 2. The first-order chi connectivity index (χ1) is 12.3. The molecule has 0 spiro atoms. The average Bonchev–Trinajstić information content (AvgIpc) is 2.59. The van der Waals surface area contributed by atoms with Crippen molar-refractivity contribution in [3.05, 3.63) is 63.0 Å². The van der Waals surface area contributed by atoms with Crippen LogP contribution in [0.5, 0.6) is 0 Å². The second-order valence-corrected chi connectivity index (χ2v) is 8.26. The van der Waals surface area contributed by atoms with Crippen molar-refractivity contribution < 1.29 is 14.3 Å². The first-order valence-electron chi connectivity index (χ1n) is 8.23. The van der Waals surface area contributed by atoms with Gasteiger partial charge in [-0.3, -0.25) is 0 Å². The molecular weight excluding hydrogens is 464 g/mol. The largest absolute Gasteiger partial charge is 0.348 e. The average molecular weight is 484 g/mol. The van der Waals surface area contributed by atoms with E-state index in [0.717, 1.165) is 14.5 Å². The fraction of sp³-hybridized carbons (Fsp3) is 0.316. The number of carbonyl (C=O) groups excluding carboxylic acids is 1. The smallest absolute Gasteiger partial charge is 0.319 e. The third kappa shape index (κ3) is 4.85. The summed E-state index contributed by atoms with van der Waals surface area (Å²) in [6, 6.07) is 14.8. The van der Waals surface area contributed by atoms with Crippen LogP contribution in [0.25, 0.3) is 0 Å². The molecule has 5 nitrogen and oxygen atoms in total. The van der Waals surface area contributed by atoms with E-state index in [1.165, 1.54) is 0 Å². The van der Waals surface area contributed by atoms with Gasteiger partial charge in [-0.25, -0.2) is 4.79 Å². The van der Waals surface area contributed by atoms with E-state index in [1.807, 2.05) is 62.4 Å². The third-order valence-corrected chi connectivity index (χ3v) is 5.16. The van der Waals surface area contributed by atoms with Gasteiger partial charge in [0.05, 0.1) is 18.3 Å². The van der Waals surface area contributed by atoms with E-state index in [0.29, 0.717) is 12.3 Å². The van der Waals surface area contributed by atoms with Gasteiger partial charge in [0.15, 0.2) is 5.79 Å². The Morgan fingerprint density at radius 1 is 1.15 bits per heavy atom. The van der Waals surface area contributed by atoms with Crippen molar-refractivity contribution in [3.63, 3.8) is 0 Å². The van der Waals surface area contributed by atoms with Crippen LogP contribution < -0.4 is 10.6 Å². The van der Waals surface area contributed by atoms with Crippen LogP contribution in [0.15, 0.2) is 57.5 Å². The summed E-state index contributed by atoms with van der Waals surface area (Å²) in [4.78, 5) is 12.5. The minimum absolute atomic E-state index is 0.293. The summed E-state index contributed by atoms with van der Waals surface area (Å²) in [7, 11) is 0. The maximum absolute atomic E-state index is 12.5. The fourth-order valence-corrected chi connectivity index (χ4v) is 3.92. The maximum Gasteiger partial charge on any atom is 0.319 e. The van der Waals surface area contributed by atoms with Crippen molar-refractivity contribution in [2.45, 2.75) is 31.8 Å². The van der Waals surface area contributed by atoms with Crippen LogP contribution in [-0.2, 0) is 9.47 Å². The van der Waals surface area contributed by atoms with Crippen LogP contribution >= 0.6 is 31.9 Å². The van der Waals surface area contributed by atoms with Crippen LogP contribution in [0.2, 0.25) is 0 Å². The lowest BCUT2D eigenvalue weighted by molar-refractivity contribution is -0.284. The molecule has 2 N–H and O–H groups in total. The predicted molar refractivity (Wildman–Crippen MR) is 108 cm³/mol. The van der Waals surface area contributed by atoms with E-state index in [-0.39, 0.29) is 18.2 Å². The molecule has 2 atom stereocenters. The highest BCUT2D eigenvalue weighted by atomic mass is 79.9. The minimum atomic E-state index is -0.704. The molecule has 0 bridgehead atoms. The van der Waals surface area contributed by atoms with Crippen LogP contribution in [-0.4, -0.2) is 24.5 Å². The van der Waals surface area contributed by atoms with Crippen LogP contribution in [0.1, 0.15) is 25.5 Å². The zero-order chi connectivity index (χ0) is 18.7. The summed E-state index contributed by atoms with van der Waals surface area (Å²) in [5.41, 5.74) is 1.68. The van der Waals surface area contributed by atoms with Crippen LogP contribution in [0, 0.1) is 0 Å². The molecule has 2 aromatic rings. The summed E-state index contributed by atoms with van der Waals surface area (Å²) in [6.07, 6.45) is -0.293. The van der Waals surface area contributed by atoms with Gasteiger partial charge < -0.3 is 20.1 Å². The Bertz CT molecular complexity index is 784. The SMILES string of the molecule is CC1(C)OC[C@H](NC(=O)Nc2ccc(Br)cc2Br)[C@@H](c2ccccc2)O1. The van der Waals surface area contributed by atoms with Crippen molar-refractivity contribution in [1.82, 2.24) is 5.32 Å². The summed E-state index contributed by atoms with van der Waals surface area (Å²) in [5.74, 6) is -0.704. The molecule has 1 aliphatic rings. The highest BCUT2D eigenvalue weighted by molar-refractivity contribution is 9.11. The minimum Gasteiger partial charge on any atom is -0.348 e. The van der Waals surface area contributed by atoms with Crippen LogP contribution in [0.3, 0.4) is 0 Å². The second kappa shape index (κ2) is 8.08. The zero-order valence-corrected chi connectivity index (χ0v) is 17.6. The van der Waals surface area contributed by atoms with Gasteiger partial charge in [0.1, 0.15) is 6.10 Å². The van der Waals surface area contributed by atoms with E-state index in [1.54, 1.807) is 0 Å². The van der Waals surface area contributed by atoms with E-state index in [4.69, 9.17) is 9.47 Å². The van der Waals surface area contributed by atoms with Crippen molar-refractivity contribution in [3.8, 4) is 0 Å². The normalized spacial score (nSPS) is 21.8. The number of rotatable bonds is 3. The molecule has 1 saturated heterocycles. The van der Waals surface area contributed by atoms with E-state index in [2.05, 4.69) is 42.5 Å². The molecule has 26 heavy (non-hydrogen) atoms. The monoisotopic (exact) mass is 482 g/mol. The number of hydrogen-bond acceptors (Lipinski definition) is 3. The molecule has 2 aromatic carbocycles. The molecule has 0 aliphatic carbocycles. The van der Waals surface area contributed by atoms with Crippen LogP contribution in [0.4, 0.5) is 10.5 Å². The second-order valence-electron chi connectivity index (χ2n) is 6.49. The predicted octanol–water partition coefficient (Wildman–Crippen LogP) is 5.23. The van der Waals surface area contributed by atoms with Crippen molar-refractivity contribution in [2.24, 2.45) is 0 Å². The van der Waals surface area contributed by atoms with Crippen molar-refractivity contribution in [1.29, 1.82) is 0 Å². The molecule has 2 amide bonds. The Hall–Kier alpha value is -1.41. The molecule has 138 valence electrons. The zero-order valence-electron chi connectivity index (χ0n) is 14.5. The molecule has 0 unspecified atom stereocenters. The Morgan fingerprint density at radius 3 is 2.58 bits per heavy atom. The van der Waals surface area contributed by atoms with Gasteiger partial charge >= 0.3 is 6.03 Å². The van der Waals surface area contributed by atoms with Gasteiger partial charge in [-0.2, -0.15) is 0 Å². The lowest BCUT2D eigenvalue weighted by Crippen LogP contribution is -2.52. The fourth-order valence-electron chi connectivity index (χ4n) is 2.78. The molecule has 7 heteroatoms. The van der Waals surface area contributed by atoms with Gasteiger partial charge in [0.25, 0.3) is 0 Å². The molecule has 1 aliphatic heterocycles. The molecule has 1 fully saturated rings. The number of anilines is 1. The number of hydrogen-bond donors (Lipinski definition) is 2. The highest BCUT2D eigenvalue weighted by Crippen LogP contribution is 2.33. The van der Waals surface area contributed by atoms with Gasteiger partial charge in [-0.05, 0) is 53.5 Å². The van der Waals surface area contributed by atoms with E-state index in [9.17, 15) is 4.79 Å². The number of urea groups is 1. The first-order valence-corrected chi connectivity index (χ1v) is 9.82. The number of halogens is 2. The first kappa shape index (κ1) is 19.4. The molecule has 0 radical (unpaired) electrons. The Balaban J connectivity index is 1.73. The van der Waals surface area contributed by atoms with E-state index < -0.39 is 5.79 Å². The lowest BCUT2D eigenvalue weighted by Gasteiger charge is -2.41. The summed E-state index contributed by atoms with van der Waals surface area (Å²) < 4.78 is 13.5. The number of amides is 2. The lowest BCUT2D eigenvalue weighted by atomic mass is 10.0. The molecule has 0 saturated carbocycles. The van der Waals surface area contributed by atoms with E-state index >= 15 is 0 Å². The molecular formula is C19H20Br2N2O3. The summed E-state index contributed by atoms with van der Waals surface area (Å²) in [5, 5.41) is 5.81. The van der Waals surface area contributed by atoms with Crippen molar-refractivity contribution in [2.75, 3.05) is 11.9 Å². The number of ether oxygens (including phenoxy) is 2. The number of nitrogens with one attached hydrogen (secondary N) is 2. The van der Waals surface area contributed by atoms with Gasteiger partial charge in [-0.15, -0.1) is 0 Å². The Kier molecular flexibility index (Phi) is 6.02. The Morgan fingerprint density at radius 2 is 1.88 bits per heavy atom. The Labute approximate surface area is 169 Å². The number of carbonyl (C=O) groups is 1. The molecule has 3 rings (SSSR count). The topological polar surface area (TPSA) is 59.6 Å². The van der Waals surface area contributed by atoms with Gasteiger partial charge in [-0.1, -0.05) is 46.3 Å². The summed E-state index contributed by atoms with van der Waals surface area (Å²) in [6.45, 7) is 4.11. The standard InChI is InChI=1S/C19H20Br2N2O3/c1-19(2)25-11-16(17(26-19)12-6-4-3-5-7-12)23-18(24)22-15-9-8-13(20)10-14(15)21/h3-10,16-17H,11H2,1-2H3,(H2,22,23,24)/t16-,17+/m0/s1. The maximum atomic E-state index is 12.5. The highest BCUT2D eigenvalue weighted by Gasteiger charge is 2.38. The van der Waals surface area contributed by atoms with Gasteiger partial charge in [0.2, 0.25) is 0 Å². The molecule has 0 aromatic heterocycles.